The first-order valence-corrected chi connectivity index (χ1v) is 7.42. The number of hydrogen-bond donors (Lipinski definition) is 1. The molecule has 2 heteroatoms. The van der Waals surface area contributed by atoms with E-state index in [0.717, 1.165) is 11.8 Å². The summed E-state index contributed by atoms with van der Waals surface area (Å²) in [6.07, 6.45) is 9.09. The summed E-state index contributed by atoms with van der Waals surface area (Å²) in [6.45, 7) is 6.53. The Morgan fingerprint density at radius 2 is 1.65 bits per heavy atom. The van der Waals surface area contributed by atoms with E-state index in [1.54, 1.807) is 0 Å². The van der Waals surface area contributed by atoms with Crippen LogP contribution in [0.2, 0.25) is 0 Å². The zero-order valence-corrected chi connectivity index (χ0v) is 12.2. The molecular formula is C15H31NO. The lowest BCUT2D eigenvalue weighted by Gasteiger charge is -2.38. The van der Waals surface area contributed by atoms with E-state index < -0.39 is 0 Å². The lowest BCUT2D eigenvalue weighted by Crippen LogP contribution is -2.44. The lowest BCUT2D eigenvalue weighted by molar-refractivity contribution is -0.0194. The normalized spacial score (nSPS) is 29.1. The second-order valence-corrected chi connectivity index (χ2v) is 6.25. The zero-order valence-electron chi connectivity index (χ0n) is 12.2. The molecule has 0 bridgehead atoms. The molecule has 1 aliphatic rings. The second-order valence-electron chi connectivity index (χ2n) is 6.25. The average molecular weight is 241 g/mol. The third-order valence-corrected chi connectivity index (χ3v) is 4.26. The third-order valence-electron chi connectivity index (χ3n) is 4.26. The summed E-state index contributed by atoms with van der Waals surface area (Å²) < 4.78 is 0. The van der Waals surface area contributed by atoms with Crippen molar-refractivity contribution in [3.63, 3.8) is 0 Å². The Bertz CT molecular complexity index is 203. The summed E-state index contributed by atoms with van der Waals surface area (Å²) in [4.78, 5) is 2.19. The van der Waals surface area contributed by atoms with Gasteiger partial charge in [0.05, 0.1) is 0 Å². The Kier molecular flexibility index (Phi) is 6.50. The molecule has 1 rings (SSSR count). The van der Waals surface area contributed by atoms with Crippen LogP contribution in [0.1, 0.15) is 65.7 Å². The van der Waals surface area contributed by atoms with Gasteiger partial charge in [0.2, 0.25) is 0 Å². The highest BCUT2D eigenvalue weighted by molar-refractivity contribution is 4.81. The highest BCUT2D eigenvalue weighted by Crippen LogP contribution is 2.31. The van der Waals surface area contributed by atoms with Crippen molar-refractivity contribution < 1.29 is 5.11 Å². The van der Waals surface area contributed by atoms with E-state index in [9.17, 15) is 5.11 Å². The summed E-state index contributed by atoms with van der Waals surface area (Å²) in [5.74, 6) is 1.54. The Morgan fingerprint density at radius 1 is 1.06 bits per heavy atom. The molecule has 1 N–H and O–H groups in total. The van der Waals surface area contributed by atoms with E-state index in [1.165, 1.54) is 44.9 Å². The van der Waals surface area contributed by atoms with E-state index in [-0.39, 0.29) is 6.23 Å². The van der Waals surface area contributed by atoms with Gasteiger partial charge in [-0.3, -0.25) is 4.90 Å². The van der Waals surface area contributed by atoms with Crippen molar-refractivity contribution in [1.29, 1.82) is 0 Å². The minimum absolute atomic E-state index is 0.311. The number of hydrogen-bond acceptors (Lipinski definition) is 2. The van der Waals surface area contributed by atoms with Gasteiger partial charge in [-0.05, 0) is 45.1 Å². The number of nitrogens with zero attached hydrogens (tertiary/aromatic N) is 1. The second kappa shape index (κ2) is 7.38. The number of aliphatic hydroxyl groups is 1. The maximum atomic E-state index is 9.81. The molecule has 0 heterocycles. The largest absolute Gasteiger partial charge is 0.379 e. The van der Waals surface area contributed by atoms with Crippen LogP contribution in [0, 0.1) is 11.8 Å². The molecule has 0 aromatic carbocycles. The van der Waals surface area contributed by atoms with Gasteiger partial charge in [0.25, 0.3) is 0 Å². The predicted molar refractivity (Wildman–Crippen MR) is 73.9 cm³/mol. The molecule has 102 valence electrons. The number of aliphatic hydroxyl groups excluding tert-OH is 1. The van der Waals surface area contributed by atoms with Gasteiger partial charge in [-0.2, -0.15) is 0 Å². The maximum Gasteiger partial charge on any atom is 0.104 e. The Morgan fingerprint density at radius 3 is 2.18 bits per heavy atom. The van der Waals surface area contributed by atoms with Crippen LogP contribution in [-0.2, 0) is 0 Å². The van der Waals surface area contributed by atoms with Gasteiger partial charge in [-0.25, -0.2) is 0 Å². The fourth-order valence-electron chi connectivity index (χ4n) is 3.24. The Hall–Kier alpha value is -0.0800. The predicted octanol–water partition coefficient (Wildman–Crippen LogP) is 3.64. The first-order chi connectivity index (χ1) is 8.02. The van der Waals surface area contributed by atoms with Crippen LogP contribution in [0.25, 0.3) is 0 Å². The van der Waals surface area contributed by atoms with Gasteiger partial charge in [-0.1, -0.05) is 39.5 Å². The summed E-state index contributed by atoms with van der Waals surface area (Å²) in [6, 6.07) is 0.581. The highest BCUT2D eigenvalue weighted by Gasteiger charge is 2.28. The first-order valence-electron chi connectivity index (χ1n) is 7.42. The van der Waals surface area contributed by atoms with Crippen LogP contribution >= 0.6 is 0 Å². The molecule has 17 heavy (non-hydrogen) atoms. The monoisotopic (exact) mass is 241 g/mol. The third kappa shape index (κ3) is 4.97. The smallest absolute Gasteiger partial charge is 0.104 e. The molecule has 3 atom stereocenters. The summed E-state index contributed by atoms with van der Waals surface area (Å²) >= 11 is 0. The Balaban J connectivity index is 2.67. The summed E-state index contributed by atoms with van der Waals surface area (Å²) in [5.41, 5.74) is 0. The van der Waals surface area contributed by atoms with Gasteiger partial charge < -0.3 is 5.11 Å². The van der Waals surface area contributed by atoms with Crippen molar-refractivity contribution in [2.45, 2.75) is 78.0 Å². The van der Waals surface area contributed by atoms with Gasteiger partial charge in [0, 0.05) is 6.04 Å². The fourth-order valence-corrected chi connectivity index (χ4v) is 3.24. The minimum Gasteiger partial charge on any atom is -0.379 e. The topological polar surface area (TPSA) is 23.5 Å². The van der Waals surface area contributed by atoms with E-state index in [2.05, 4.69) is 25.8 Å². The molecule has 0 aromatic heterocycles. The average Bonchev–Trinajstić information content (AvgIpc) is 2.21. The van der Waals surface area contributed by atoms with E-state index in [4.69, 9.17) is 0 Å². The SMILES string of the molecule is CC(C)CC1CCCCCCC1N(C)C(C)O. The van der Waals surface area contributed by atoms with Gasteiger partial charge in [0.15, 0.2) is 0 Å². The van der Waals surface area contributed by atoms with E-state index in [1.807, 2.05) is 6.92 Å². The molecule has 0 amide bonds. The molecule has 1 fully saturated rings. The molecule has 0 radical (unpaired) electrons. The van der Waals surface area contributed by atoms with Crippen molar-refractivity contribution in [3.8, 4) is 0 Å². The van der Waals surface area contributed by atoms with Crippen molar-refractivity contribution in [1.82, 2.24) is 4.90 Å². The first kappa shape index (κ1) is 15.0. The minimum atomic E-state index is -0.311. The van der Waals surface area contributed by atoms with Crippen LogP contribution in [-0.4, -0.2) is 29.3 Å². The van der Waals surface area contributed by atoms with Crippen LogP contribution in [0.4, 0.5) is 0 Å². The molecule has 0 aromatic rings. The standard InChI is InChI=1S/C15H31NO/c1-12(2)11-14-9-7-5-6-8-10-15(14)16(4)13(3)17/h12-15,17H,5-11H2,1-4H3. The molecule has 0 spiro atoms. The molecule has 2 nitrogen and oxygen atoms in total. The van der Waals surface area contributed by atoms with Crippen molar-refractivity contribution in [3.05, 3.63) is 0 Å². The van der Waals surface area contributed by atoms with Crippen molar-refractivity contribution >= 4 is 0 Å². The van der Waals surface area contributed by atoms with Gasteiger partial charge >= 0.3 is 0 Å². The van der Waals surface area contributed by atoms with Crippen molar-refractivity contribution in [2.24, 2.45) is 11.8 Å². The molecular weight excluding hydrogens is 210 g/mol. The zero-order chi connectivity index (χ0) is 12.8. The van der Waals surface area contributed by atoms with Crippen LogP contribution < -0.4 is 0 Å². The Labute approximate surface area is 107 Å². The fraction of sp³-hybridized carbons (Fsp3) is 1.00. The van der Waals surface area contributed by atoms with E-state index in [0.29, 0.717) is 6.04 Å². The molecule has 3 unspecified atom stereocenters. The highest BCUT2D eigenvalue weighted by atomic mass is 16.3. The van der Waals surface area contributed by atoms with Crippen LogP contribution in [0.15, 0.2) is 0 Å². The quantitative estimate of drug-likeness (QED) is 0.760. The van der Waals surface area contributed by atoms with Gasteiger partial charge in [0.1, 0.15) is 6.23 Å². The molecule has 0 aliphatic heterocycles. The summed E-state index contributed by atoms with van der Waals surface area (Å²) in [7, 11) is 2.09. The summed E-state index contributed by atoms with van der Waals surface area (Å²) in [5, 5.41) is 9.81. The van der Waals surface area contributed by atoms with E-state index >= 15 is 0 Å². The van der Waals surface area contributed by atoms with Gasteiger partial charge in [-0.15, -0.1) is 0 Å². The molecule has 1 aliphatic carbocycles. The van der Waals surface area contributed by atoms with Crippen LogP contribution in [0.5, 0.6) is 0 Å². The molecule has 1 saturated carbocycles. The lowest BCUT2D eigenvalue weighted by atomic mass is 9.81. The number of rotatable bonds is 4. The maximum absolute atomic E-state index is 9.81. The van der Waals surface area contributed by atoms with Crippen molar-refractivity contribution in [2.75, 3.05) is 7.05 Å². The van der Waals surface area contributed by atoms with Crippen LogP contribution in [0.3, 0.4) is 0 Å². The molecule has 0 saturated heterocycles.